The van der Waals surface area contributed by atoms with Crippen LogP contribution < -0.4 is 0 Å². The van der Waals surface area contributed by atoms with Gasteiger partial charge in [0.15, 0.2) is 11.6 Å². The van der Waals surface area contributed by atoms with E-state index in [9.17, 15) is 9.59 Å². The number of hydrogen-bond acceptors (Lipinski definition) is 2. The molecule has 0 spiro atoms. The first-order valence-electron chi connectivity index (χ1n) is 7.98. The van der Waals surface area contributed by atoms with Crippen LogP contribution in [0.2, 0.25) is 0 Å². The Balaban J connectivity index is 1.64. The van der Waals surface area contributed by atoms with Crippen LogP contribution in [0, 0.1) is 40.9 Å². The first-order valence-corrected chi connectivity index (χ1v) is 7.98. The summed E-state index contributed by atoms with van der Waals surface area (Å²) in [5.74, 6) is 2.73. The quantitative estimate of drug-likeness (QED) is 0.633. The minimum Gasteiger partial charge on any atom is -0.294 e. The van der Waals surface area contributed by atoms with Gasteiger partial charge in [0.05, 0.1) is 0 Å². The van der Waals surface area contributed by atoms with Gasteiger partial charge < -0.3 is 0 Å². The van der Waals surface area contributed by atoms with Crippen LogP contribution in [-0.2, 0) is 9.59 Å². The zero-order chi connectivity index (χ0) is 13.8. The van der Waals surface area contributed by atoms with Crippen molar-refractivity contribution in [2.75, 3.05) is 0 Å². The minimum absolute atomic E-state index is 0.00291. The van der Waals surface area contributed by atoms with Gasteiger partial charge >= 0.3 is 0 Å². The van der Waals surface area contributed by atoms with E-state index in [1.807, 2.05) is 0 Å². The van der Waals surface area contributed by atoms with Crippen LogP contribution >= 0.6 is 0 Å². The summed E-state index contributed by atoms with van der Waals surface area (Å²) in [6.07, 6.45) is 6.69. The largest absolute Gasteiger partial charge is 0.294 e. The third-order valence-corrected chi connectivity index (χ3v) is 7.36. The van der Waals surface area contributed by atoms with E-state index >= 15 is 0 Å². The summed E-state index contributed by atoms with van der Waals surface area (Å²) in [4.78, 5) is 24.5. The molecule has 6 aliphatic rings. The molecule has 0 aliphatic heterocycles. The van der Waals surface area contributed by atoms with Crippen LogP contribution in [0.4, 0.5) is 0 Å². The van der Waals surface area contributed by atoms with Gasteiger partial charge in [0.2, 0.25) is 0 Å². The Kier molecular flexibility index (Phi) is 1.82. The summed E-state index contributed by atoms with van der Waals surface area (Å²) in [5.41, 5.74) is 3.66. The van der Waals surface area contributed by atoms with Gasteiger partial charge in [-0.15, -0.1) is 0 Å². The molecule has 2 fully saturated rings. The fourth-order valence-corrected chi connectivity index (χ4v) is 6.24. The van der Waals surface area contributed by atoms with Crippen LogP contribution in [0.15, 0.2) is 23.3 Å². The molecule has 2 nitrogen and oxygen atoms in total. The summed E-state index contributed by atoms with van der Waals surface area (Å²) in [5, 5.41) is 0. The van der Waals surface area contributed by atoms with E-state index in [1.54, 1.807) is 17.2 Å². The highest BCUT2D eigenvalue weighted by Gasteiger charge is 2.64. The highest BCUT2D eigenvalue weighted by atomic mass is 16.1. The van der Waals surface area contributed by atoms with Crippen molar-refractivity contribution in [3.63, 3.8) is 0 Å². The lowest BCUT2D eigenvalue weighted by molar-refractivity contribution is -0.130. The SMILES string of the molecule is CC1(C)C2CC3=C(C4CC3C3C(=O)C=CC(=O)C43)C1C2. The maximum atomic E-state index is 12.3. The van der Waals surface area contributed by atoms with Crippen molar-refractivity contribution in [2.24, 2.45) is 40.9 Å². The maximum Gasteiger partial charge on any atom is 0.160 e. The molecule has 6 aliphatic carbocycles. The van der Waals surface area contributed by atoms with Crippen molar-refractivity contribution in [3.05, 3.63) is 23.3 Å². The van der Waals surface area contributed by atoms with Crippen LogP contribution in [0.25, 0.3) is 0 Å². The highest BCUT2D eigenvalue weighted by molar-refractivity contribution is 6.08. The summed E-state index contributed by atoms with van der Waals surface area (Å²) >= 11 is 0. The van der Waals surface area contributed by atoms with Crippen LogP contribution in [0.5, 0.6) is 0 Å². The second-order valence-electron chi connectivity index (χ2n) is 8.13. The first-order chi connectivity index (χ1) is 9.50. The molecule has 0 heterocycles. The number of carbonyl (C=O) groups is 2. The maximum absolute atomic E-state index is 12.3. The fraction of sp³-hybridized carbons (Fsp3) is 0.667. The number of allylic oxidation sites excluding steroid dienone is 4. The average molecular weight is 268 g/mol. The van der Waals surface area contributed by atoms with Gasteiger partial charge in [0, 0.05) is 11.8 Å². The van der Waals surface area contributed by atoms with E-state index in [1.165, 1.54) is 18.9 Å². The number of carbonyl (C=O) groups excluding carboxylic acids is 2. The lowest BCUT2D eigenvalue weighted by Gasteiger charge is -2.60. The number of fused-ring (bicyclic) bond motifs is 5. The molecule has 2 heteroatoms. The first kappa shape index (κ1) is 11.5. The molecule has 104 valence electrons. The number of rotatable bonds is 0. The molecule has 0 N–H and O–H groups in total. The molecule has 0 aromatic carbocycles. The van der Waals surface area contributed by atoms with Gasteiger partial charge in [-0.1, -0.05) is 25.0 Å². The topological polar surface area (TPSA) is 34.1 Å². The molecule has 0 saturated heterocycles. The number of ketones is 2. The normalized spacial score (nSPS) is 50.1. The smallest absolute Gasteiger partial charge is 0.160 e. The molecule has 6 unspecified atom stereocenters. The molecule has 0 aromatic heterocycles. The Bertz CT molecular complexity index is 621. The molecule has 0 amide bonds. The van der Waals surface area contributed by atoms with Gasteiger partial charge in [-0.3, -0.25) is 9.59 Å². The van der Waals surface area contributed by atoms with Crippen molar-refractivity contribution in [1.29, 1.82) is 0 Å². The zero-order valence-corrected chi connectivity index (χ0v) is 12.1. The Morgan fingerprint density at radius 2 is 1.65 bits per heavy atom. The molecule has 6 rings (SSSR count). The van der Waals surface area contributed by atoms with E-state index in [0.29, 0.717) is 23.2 Å². The molecule has 6 atom stereocenters. The summed E-state index contributed by atoms with van der Waals surface area (Å²) < 4.78 is 0. The van der Waals surface area contributed by atoms with Crippen molar-refractivity contribution >= 4 is 11.6 Å². The van der Waals surface area contributed by atoms with Crippen molar-refractivity contribution in [3.8, 4) is 0 Å². The van der Waals surface area contributed by atoms with Gasteiger partial charge in [0.25, 0.3) is 0 Å². The number of hydrogen-bond donors (Lipinski definition) is 0. The van der Waals surface area contributed by atoms with E-state index in [-0.39, 0.29) is 23.4 Å². The van der Waals surface area contributed by atoms with E-state index in [4.69, 9.17) is 0 Å². The van der Waals surface area contributed by atoms with E-state index in [0.717, 1.165) is 12.3 Å². The summed E-state index contributed by atoms with van der Waals surface area (Å²) in [6.45, 7) is 4.79. The molecular weight excluding hydrogens is 248 g/mol. The lowest BCUT2D eigenvalue weighted by Crippen LogP contribution is -2.52. The van der Waals surface area contributed by atoms with E-state index < -0.39 is 0 Å². The minimum atomic E-state index is -0.0100. The second-order valence-corrected chi connectivity index (χ2v) is 8.13. The third kappa shape index (κ3) is 1.03. The van der Waals surface area contributed by atoms with Gasteiger partial charge in [-0.2, -0.15) is 0 Å². The zero-order valence-electron chi connectivity index (χ0n) is 12.1. The van der Waals surface area contributed by atoms with Crippen molar-refractivity contribution in [1.82, 2.24) is 0 Å². The van der Waals surface area contributed by atoms with Crippen LogP contribution in [0.3, 0.4) is 0 Å². The Morgan fingerprint density at radius 3 is 2.30 bits per heavy atom. The van der Waals surface area contributed by atoms with Crippen LogP contribution in [0.1, 0.15) is 33.1 Å². The van der Waals surface area contributed by atoms with E-state index in [2.05, 4.69) is 13.8 Å². The van der Waals surface area contributed by atoms with Gasteiger partial charge in [-0.05, 0) is 60.5 Å². The third-order valence-electron chi connectivity index (χ3n) is 7.36. The predicted octanol–water partition coefficient (Wildman–Crippen LogP) is 2.94. The monoisotopic (exact) mass is 268 g/mol. The van der Waals surface area contributed by atoms with Crippen molar-refractivity contribution < 1.29 is 9.59 Å². The predicted molar refractivity (Wildman–Crippen MR) is 74.8 cm³/mol. The molecule has 4 bridgehead atoms. The molecule has 20 heavy (non-hydrogen) atoms. The summed E-state index contributed by atoms with van der Waals surface area (Å²) in [7, 11) is 0. The average Bonchev–Trinajstić information content (AvgIpc) is 2.99. The highest BCUT2D eigenvalue weighted by Crippen LogP contribution is 2.71. The Hall–Kier alpha value is -1.18. The molecule has 0 radical (unpaired) electrons. The Labute approximate surface area is 119 Å². The standard InChI is InChI=1S/C18H20O2/c1-18(2)8-5-9-10-7-11(15(9)12(18)6-8)17-14(20)4-3-13(19)16(10)17/h3-4,8,10-12,16-17H,5-7H2,1-2H3. The lowest BCUT2D eigenvalue weighted by atomic mass is 9.45. The second kappa shape index (κ2) is 3.18. The van der Waals surface area contributed by atoms with Crippen LogP contribution in [-0.4, -0.2) is 11.6 Å². The summed E-state index contributed by atoms with van der Waals surface area (Å²) in [6, 6.07) is 0. The molecule has 2 saturated carbocycles. The molecular formula is C18H20O2. The van der Waals surface area contributed by atoms with Gasteiger partial charge in [-0.25, -0.2) is 0 Å². The Morgan fingerprint density at radius 1 is 1.00 bits per heavy atom. The fourth-order valence-electron chi connectivity index (χ4n) is 6.24. The van der Waals surface area contributed by atoms with Gasteiger partial charge in [0.1, 0.15) is 0 Å². The molecule has 0 aromatic rings. The van der Waals surface area contributed by atoms with Crippen molar-refractivity contribution in [2.45, 2.75) is 33.1 Å².